The number of piperazine rings is 1. The molecule has 0 aliphatic carbocycles. The smallest absolute Gasteiger partial charge is 0.262 e. The average molecular weight is 997 g/mol. The van der Waals surface area contributed by atoms with Gasteiger partial charge in [-0.3, -0.25) is 39.0 Å². The highest BCUT2D eigenvalue weighted by atomic mass is 35.5. The lowest BCUT2D eigenvalue weighted by Crippen LogP contribution is -2.54. The summed E-state index contributed by atoms with van der Waals surface area (Å²) < 4.78 is 21.4. The molecule has 1 atom stereocenters. The minimum atomic E-state index is -2.74. The fourth-order valence-corrected chi connectivity index (χ4v) is 11.4. The fourth-order valence-electron chi connectivity index (χ4n) is 10.1. The van der Waals surface area contributed by atoms with Gasteiger partial charge in [-0.25, -0.2) is 4.98 Å². The number of ether oxygens (including phenoxy) is 1. The number of rotatable bonds is 13. The van der Waals surface area contributed by atoms with Gasteiger partial charge < -0.3 is 29.7 Å². The molecule has 4 aromatic carbocycles. The molecule has 4 amide bonds. The second-order valence-electron chi connectivity index (χ2n) is 19.0. The van der Waals surface area contributed by atoms with Crippen LogP contribution in [0.2, 0.25) is 5.02 Å². The summed E-state index contributed by atoms with van der Waals surface area (Å²) in [5.41, 5.74) is 7.70. The van der Waals surface area contributed by atoms with Crippen molar-refractivity contribution in [2.45, 2.75) is 31.7 Å². The first-order valence-electron chi connectivity index (χ1n) is 23.8. The molecule has 1 unspecified atom stereocenters. The van der Waals surface area contributed by atoms with Crippen molar-refractivity contribution in [1.29, 1.82) is 0 Å². The Kier molecular flexibility index (Phi) is 13.1. The van der Waals surface area contributed by atoms with E-state index in [2.05, 4.69) is 46.8 Å². The Balaban J connectivity index is 0.797. The van der Waals surface area contributed by atoms with Crippen molar-refractivity contribution in [3.8, 4) is 28.0 Å². The standard InChI is InChI=1S/C52H55ClN11O6P/c1-60-31-35(28-55-60)38-26-42(57-52-54-29-40(53)48(59-52)56-41-13-10-34(24-46(41)71(3,4)69)33-8-6-5-7-9-33)45(70-2)27-44(38)63-22-20-61(21-23-63)30-32-16-18-62(19-17-32)36-11-12-37-39(25-36)51(68)64(50(37)67)43-14-15-47(65)58-49(43)66/h5-13,24-29,31-32,43H,14-23,30H2,1-4H3,(H,58,65,66)(H2,54,56,57,59). The summed E-state index contributed by atoms with van der Waals surface area (Å²) in [7, 11) is 0.797. The van der Waals surface area contributed by atoms with Crippen molar-refractivity contribution in [2.75, 3.05) is 86.7 Å². The zero-order chi connectivity index (χ0) is 49.6. The first-order valence-corrected chi connectivity index (χ1v) is 26.8. The summed E-state index contributed by atoms with van der Waals surface area (Å²) in [6.07, 6.45) is 7.56. The number of aromatic nitrogens is 4. The van der Waals surface area contributed by atoms with Crippen LogP contribution in [0.25, 0.3) is 22.3 Å². The molecule has 71 heavy (non-hydrogen) atoms. The van der Waals surface area contributed by atoms with Crippen LogP contribution in [0.1, 0.15) is 46.4 Å². The molecule has 2 aromatic heterocycles. The van der Waals surface area contributed by atoms with Crippen LogP contribution < -0.4 is 35.8 Å². The Bertz CT molecular complexity index is 3110. The van der Waals surface area contributed by atoms with Crippen molar-refractivity contribution in [3.05, 3.63) is 114 Å². The highest BCUT2D eigenvalue weighted by Crippen LogP contribution is 2.43. The van der Waals surface area contributed by atoms with E-state index in [-0.39, 0.29) is 24.4 Å². The number of carbonyl (C=O) groups is 4. The van der Waals surface area contributed by atoms with Crippen LogP contribution in [0.5, 0.6) is 5.75 Å². The van der Waals surface area contributed by atoms with Gasteiger partial charge >= 0.3 is 0 Å². The Morgan fingerprint density at radius 2 is 1.54 bits per heavy atom. The third-order valence-corrected chi connectivity index (χ3v) is 15.7. The molecule has 0 spiro atoms. The quantitative estimate of drug-likeness (QED) is 0.0769. The van der Waals surface area contributed by atoms with Gasteiger partial charge in [-0.05, 0) is 86.0 Å². The molecule has 0 radical (unpaired) electrons. The van der Waals surface area contributed by atoms with Crippen LogP contribution >= 0.6 is 18.7 Å². The van der Waals surface area contributed by atoms with Crippen LogP contribution in [0.3, 0.4) is 0 Å². The SMILES string of the molecule is COc1cc(N2CCN(CC3CCN(c4ccc5c(c4)C(=O)N(C4CCC(=O)NC4=O)C5=O)CC3)CC2)c(-c2cnn(C)c2)cc1Nc1ncc(Cl)c(Nc2ccc(-c3ccccc3)cc2P(C)(C)=O)n1. The zero-order valence-corrected chi connectivity index (χ0v) is 41.7. The van der Waals surface area contributed by atoms with E-state index in [0.29, 0.717) is 44.8 Å². The Hall–Kier alpha value is -7.07. The number of halogens is 1. The zero-order valence-electron chi connectivity index (χ0n) is 40.0. The van der Waals surface area contributed by atoms with Gasteiger partial charge in [0.15, 0.2) is 5.82 Å². The van der Waals surface area contributed by atoms with Crippen LogP contribution in [-0.2, 0) is 21.2 Å². The normalized spacial score (nSPS) is 17.9. The van der Waals surface area contributed by atoms with Gasteiger partial charge in [-0.15, -0.1) is 0 Å². The summed E-state index contributed by atoms with van der Waals surface area (Å²) in [6.45, 7) is 9.51. The molecule has 19 heteroatoms. The Labute approximate surface area is 416 Å². The maximum atomic E-state index is 13.6. The van der Waals surface area contributed by atoms with E-state index in [4.69, 9.17) is 21.3 Å². The number of aryl methyl sites for hydroxylation is 1. The number of nitrogens with zero attached hydrogens (tertiary/aromatic N) is 8. The Morgan fingerprint density at radius 1 is 0.775 bits per heavy atom. The molecule has 6 aromatic rings. The predicted octanol–water partition coefficient (Wildman–Crippen LogP) is 7.38. The van der Waals surface area contributed by atoms with E-state index >= 15 is 0 Å². The topological polar surface area (TPSA) is 187 Å². The summed E-state index contributed by atoms with van der Waals surface area (Å²) in [5.74, 6) is -0.246. The maximum absolute atomic E-state index is 13.6. The molecule has 6 heterocycles. The van der Waals surface area contributed by atoms with Gasteiger partial charge in [-0.1, -0.05) is 48.0 Å². The minimum absolute atomic E-state index is 0.0816. The highest BCUT2D eigenvalue weighted by Gasteiger charge is 2.45. The summed E-state index contributed by atoms with van der Waals surface area (Å²) in [4.78, 5) is 68.5. The molecule has 4 aliphatic rings. The average Bonchev–Trinajstić information content (AvgIpc) is 3.91. The maximum Gasteiger partial charge on any atom is 0.262 e. The van der Waals surface area contributed by atoms with Crippen molar-refractivity contribution < 1.29 is 28.5 Å². The lowest BCUT2D eigenvalue weighted by Gasteiger charge is -2.40. The second-order valence-corrected chi connectivity index (χ2v) is 22.5. The number of methoxy groups -OCH3 is 1. The van der Waals surface area contributed by atoms with Gasteiger partial charge in [0.05, 0.1) is 42.0 Å². The van der Waals surface area contributed by atoms with Crippen molar-refractivity contribution >= 4 is 82.2 Å². The molecule has 17 nitrogen and oxygen atoms in total. The molecule has 10 rings (SSSR count). The van der Waals surface area contributed by atoms with E-state index in [1.54, 1.807) is 37.3 Å². The number of anilines is 6. The van der Waals surface area contributed by atoms with Crippen LogP contribution in [0.15, 0.2) is 97.5 Å². The number of nitrogens with one attached hydrogen (secondary N) is 3. The number of amides is 4. The minimum Gasteiger partial charge on any atom is -0.494 e. The fraction of sp³-hybridized carbons (Fsp3) is 0.327. The summed E-state index contributed by atoms with van der Waals surface area (Å²) in [6, 6.07) is 24.3. The highest BCUT2D eigenvalue weighted by molar-refractivity contribution is 7.70. The van der Waals surface area contributed by atoms with Gasteiger partial charge in [0.2, 0.25) is 17.8 Å². The van der Waals surface area contributed by atoms with E-state index in [9.17, 15) is 23.7 Å². The second kappa shape index (κ2) is 19.6. The monoisotopic (exact) mass is 995 g/mol. The molecule has 3 fully saturated rings. The number of carbonyl (C=O) groups excluding carboxylic acids is 4. The molecule has 4 aliphatic heterocycles. The van der Waals surface area contributed by atoms with Crippen molar-refractivity contribution in [2.24, 2.45) is 13.0 Å². The molecule has 366 valence electrons. The predicted molar refractivity (Wildman–Crippen MR) is 276 cm³/mol. The van der Waals surface area contributed by atoms with Gasteiger partial charge in [-0.2, -0.15) is 10.1 Å². The molecule has 0 saturated carbocycles. The summed E-state index contributed by atoms with van der Waals surface area (Å²) >= 11 is 6.70. The molecular formula is C52H55ClN11O6P. The van der Waals surface area contributed by atoms with E-state index in [1.165, 1.54) is 6.20 Å². The number of imide groups is 2. The first kappa shape index (κ1) is 47.6. The van der Waals surface area contributed by atoms with E-state index in [1.807, 2.05) is 80.1 Å². The molecule has 3 N–H and O–H groups in total. The molecular weight excluding hydrogens is 941 g/mol. The van der Waals surface area contributed by atoms with Crippen LogP contribution in [0, 0.1) is 5.92 Å². The van der Waals surface area contributed by atoms with Crippen molar-refractivity contribution in [3.63, 3.8) is 0 Å². The lowest BCUT2D eigenvalue weighted by atomic mass is 9.95. The largest absolute Gasteiger partial charge is 0.494 e. The number of hydrogen-bond acceptors (Lipinski definition) is 14. The number of fused-ring (bicyclic) bond motifs is 1. The number of benzene rings is 4. The van der Waals surface area contributed by atoms with E-state index < -0.39 is 36.8 Å². The first-order chi connectivity index (χ1) is 34.2. The summed E-state index contributed by atoms with van der Waals surface area (Å²) in [5, 5.41) is 14.5. The third-order valence-electron chi connectivity index (χ3n) is 13.9. The number of piperidine rings is 2. The number of hydrogen-bond donors (Lipinski definition) is 3. The van der Waals surface area contributed by atoms with Gasteiger partial charge in [0.25, 0.3) is 11.8 Å². The van der Waals surface area contributed by atoms with Crippen LogP contribution in [-0.4, -0.2) is 125 Å². The lowest BCUT2D eigenvalue weighted by molar-refractivity contribution is -0.136. The molecule has 3 saturated heterocycles. The van der Waals surface area contributed by atoms with Gasteiger partial charge in [0.1, 0.15) is 24.0 Å². The van der Waals surface area contributed by atoms with E-state index in [0.717, 1.165) is 97.2 Å². The Morgan fingerprint density at radius 3 is 2.24 bits per heavy atom. The van der Waals surface area contributed by atoms with Gasteiger partial charge in [0, 0.05) is 99.4 Å². The van der Waals surface area contributed by atoms with Crippen LogP contribution in [0.4, 0.5) is 34.5 Å². The molecule has 0 bridgehead atoms. The third kappa shape index (κ3) is 9.86. The van der Waals surface area contributed by atoms with Crippen molar-refractivity contribution in [1.82, 2.24) is 34.9 Å².